The molecule has 2 N–H and O–H groups in total. The van der Waals surface area contributed by atoms with Crippen LogP contribution in [0, 0.1) is 0 Å². The van der Waals surface area contributed by atoms with Gasteiger partial charge in [0.05, 0.1) is 6.54 Å². The lowest BCUT2D eigenvalue weighted by Gasteiger charge is -2.02. The van der Waals surface area contributed by atoms with Crippen molar-refractivity contribution in [2.75, 3.05) is 7.05 Å². The highest BCUT2D eigenvalue weighted by atomic mass is 32.2. The topological polar surface area (TPSA) is 70.6 Å². The van der Waals surface area contributed by atoms with Crippen molar-refractivity contribution in [1.29, 1.82) is 0 Å². The summed E-state index contributed by atoms with van der Waals surface area (Å²) in [5.74, 6) is -0.294. The van der Waals surface area contributed by atoms with E-state index in [0.717, 1.165) is 5.56 Å². The van der Waals surface area contributed by atoms with E-state index in [9.17, 15) is 9.59 Å². The molecule has 19 heavy (non-hydrogen) atoms. The summed E-state index contributed by atoms with van der Waals surface area (Å²) in [5.41, 5.74) is 1.08. The van der Waals surface area contributed by atoms with E-state index < -0.39 is 0 Å². The van der Waals surface area contributed by atoms with Crippen molar-refractivity contribution in [3.63, 3.8) is 0 Å². The lowest BCUT2D eigenvalue weighted by atomic mass is 10.2. The van der Waals surface area contributed by atoms with Crippen LogP contribution in [0.5, 0.6) is 0 Å². The molecule has 1 aromatic carbocycles. The third-order valence-electron chi connectivity index (χ3n) is 2.67. The largest absolute Gasteiger partial charge is 0.359 e. The Hall–Kier alpha value is -1.82. The van der Waals surface area contributed by atoms with Crippen molar-refractivity contribution in [2.24, 2.45) is 4.99 Å². The third kappa shape index (κ3) is 3.82. The molecular formula is C13H15N3O2S. The second-order valence-electron chi connectivity index (χ2n) is 4.08. The second-order valence-corrected chi connectivity index (χ2v) is 5.27. The van der Waals surface area contributed by atoms with Gasteiger partial charge in [-0.05, 0) is 5.56 Å². The van der Waals surface area contributed by atoms with Gasteiger partial charge >= 0.3 is 0 Å². The summed E-state index contributed by atoms with van der Waals surface area (Å²) in [5, 5.41) is 5.42. The molecule has 0 unspecified atom stereocenters. The van der Waals surface area contributed by atoms with E-state index in [2.05, 4.69) is 15.6 Å². The van der Waals surface area contributed by atoms with Gasteiger partial charge in [0.2, 0.25) is 11.8 Å². The molecule has 1 aromatic rings. The van der Waals surface area contributed by atoms with Gasteiger partial charge in [0, 0.05) is 13.5 Å². The lowest BCUT2D eigenvalue weighted by Crippen LogP contribution is -2.29. The van der Waals surface area contributed by atoms with E-state index in [1.165, 1.54) is 11.8 Å². The molecule has 100 valence electrons. The summed E-state index contributed by atoms with van der Waals surface area (Å²) < 4.78 is 0. The molecule has 1 saturated heterocycles. The minimum absolute atomic E-state index is 0.142. The second kappa shape index (κ2) is 6.38. The van der Waals surface area contributed by atoms with Crippen molar-refractivity contribution < 1.29 is 9.59 Å². The summed E-state index contributed by atoms with van der Waals surface area (Å²) in [4.78, 5) is 27.3. The maximum atomic E-state index is 11.7. The third-order valence-corrected chi connectivity index (χ3v) is 3.79. The fourth-order valence-corrected chi connectivity index (χ4v) is 2.60. The molecule has 0 aromatic heterocycles. The number of amidine groups is 1. The van der Waals surface area contributed by atoms with Crippen LogP contribution in [-0.2, 0) is 16.1 Å². The lowest BCUT2D eigenvalue weighted by molar-refractivity contribution is -0.124. The van der Waals surface area contributed by atoms with Gasteiger partial charge in [-0.15, -0.1) is 0 Å². The molecule has 1 atom stereocenters. The summed E-state index contributed by atoms with van der Waals surface area (Å²) >= 11 is 1.31. The maximum absolute atomic E-state index is 11.7. The molecule has 1 heterocycles. The number of rotatable bonds is 4. The number of carbonyl (C=O) groups excluding carboxylic acids is 2. The smallest absolute Gasteiger partial charge is 0.240 e. The van der Waals surface area contributed by atoms with Crippen LogP contribution in [0.1, 0.15) is 12.0 Å². The number of nitrogens with one attached hydrogen (secondary N) is 2. The molecule has 2 amide bonds. The Labute approximate surface area is 115 Å². The molecule has 0 spiro atoms. The van der Waals surface area contributed by atoms with Crippen molar-refractivity contribution in [3.05, 3.63) is 35.9 Å². The molecule has 0 saturated carbocycles. The highest BCUT2D eigenvalue weighted by Gasteiger charge is 2.31. The number of carbonyl (C=O) groups is 2. The first-order valence-electron chi connectivity index (χ1n) is 5.95. The Kier molecular flexibility index (Phi) is 4.57. The van der Waals surface area contributed by atoms with Crippen LogP contribution >= 0.6 is 11.8 Å². The van der Waals surface area contributed by atoms with Crippen LogP contribution < -0.4 is 10.6 Å². The van der Waals surface area contributed by atoms with Gasteiger partial charge in [-0.2, -0.15) is 0 Å². The summed E-state index contributed by atoms with van der Waals surface area (Å²) in [6.07, 6.45) is 0.178. The van der Waals surface area contributed by atoms with E-state index in [-0.39, 0.29) is 23.5 Å². The predicted octanol–water partition coefficient (Wildman–Crippen LogP) is 0.910. The summed E-state index contributed by atoms with van der Waals surface area (Å²) in [7, 11) is 1.56. The van der Waals surface area contributed by atoms with E-state index in [1.807, 2.05) is 30.3 Å². The number of nitrogens with zero attached hydrogens (tertiary/aromatic N) is 1. The van der Waals surface area contributed by atoms with Gasteiger partial charge in [0.25, 0.3) is 0 Å². The summed E-state index contributed by atoms with van der Waals surface area (Å²) in [6.45, 7) is 0.524. The fourth-order valence-electron chi connectivity index (χ4n) is 1.63. The van der Waals surface area contributed by atoms with E-state index in [4.69, 9.17) is 0 Å². The average molecular weight is 277 g/mol. The Balaban J connectivity index is 1.93. The van der Waals surface area contributed by atoms with Gasteiger partial charge < -0.3 is 10.6 Å². The number of hydrogen-bond acceptors (Lipinski definition) is 4. The molecule has 1 aliphatic heterocycles. The van der Waals surface area contributed by atoms with Crippen LogP contribution in [0.4, 0.5) is 0 Å². The Morgan fingerprint density at radius 2 is 2.16 bits per heavy atom. The molecule has 1 aliphatic rings. The Bertz CT molecular complexity index is 502. The van der Waals surface area contributed by atoms with Crippen molar-refractivity contribution in [3.8, 4) is 0 Å². The van der Waals surface area contributed by atoms with Gasteiger partial charge in [-0.1, -0.05) is 42.1 Å². The first-order valence-corrected chi connectivity index (χ1v) is 6.83. The summed E-state index contributed by atoms with van der Waals surface area (Å²) in [6, 6.07) is 9.80. The zero-order chi connectivity index (χ0) is 13.7. The standard InChI is InChI=1S/C13H15N3O2S/c1-14-11(17)7-10-12(18)16-13(19-10)15-8-9-5-3-2-4-6-9/h2-6,10H,7-8H2,1H3,(H,14,17)(H,15,16,18)/t10-/m1/s1. The zero-order valence-corrected chi connectivity index (χ0v) is 11.4. The van der Waals surface area contributed by atoms with Crippen molar-refractivity contribution >= 4 is 28.7 Å². The average Bonchev–Trinajstić information content (AvgIpc) is 2.78. The van der Waals surface area contributed by atoms with Gasteiger partial charge in [0.15, 0.2) is 5.17 Å². The molecule has 5 nitrogen and oxygen atoms in total. The molecular weight excluding hydrogens is 262 g/mol. The number of hydrogen-bond donors (Lipinski definition) is 2. The van der Waals surface area contributed by atoms with Crippen LogP contribution in [0.15, 0.2) is 35.3 Å². The molecule has 0 bridgehead atoms. The fraction of sp³-hybridized carbons (Fsp3) is 0.308. The molecule has 1 fully saturated rings. The quantitative estimate of drug-likeness (QED) is 0.859. The van der Waals surface area contributed by atoms with Crippen molar-refractivity contribution in [1.82, 2.24) is 10.6 Å². The molecule has 2 rings (SSSR count). The number of benzene rings is 1. The maximum Gasteiger partial charge on any atom is 0.240 e. The molecule has 6 heteroatoms. The SMILES string of the molecule is CNC(=O)C[C@H]1SC(=NCc2ccccc2)NC1=O. The number of amides is 2. The normalized spacial score (nSPS) is 20.4. The highest BCUT2D eigenvalue weighted by Crippen LogP contribution is 2.22. The highest BCUT2D eigenvalue weighted by molar-refractivity contribution is 8.15. The monoisotopic (exact) mass is 277 g/mol. The number of aliphatic imine (C=N–C) groups is 1. The zero-order valence-electron chi connectivity index (χ0n) is 10.6. The Morgan fingerprint density at radius 3 is 2.84 bits per heavy atom. The van der Waals surface area contributed by atoms with Gasteiger partial charge in [-0.25, -0.2) is 0 Å². The molecule has 0 aliphatic carbocycles. The van der Waals surface area contributed by atoms with Crippen LogP contribution in [-0.4, -0.2) is 29.3 Å². The van der Waals surface area contributed by atoms with Crippen molar-refractivity contribution in [2.45, 2.75) is 18.2 Å². The van der Waals surface area contributed by atoms with Gasteiger partial charge in [0.1, 0.15) is 5.25 Å². The predicted molar refractivity (Wildman–Crippen MR) is 75.8 cm³/mol. The minimum Gasteiger partial charge on any atom is -0.359 e. The van der Waals surface area contributed by atoms with Crippen LogP contribution in [0.25, 0.3) is 0 Å². The van der Waals surface area contributed by atoms with Gasteiger partial charge in [-0.3, -0.25) is 14.6 Å². The van der Waals surface area contributed by atoms with Crippen LogP contribution in [0.3, 0.4) is 0 Å². The van der Waals surface area contributed by atoms with E-state index in [0.29, 0.717) is 11.7 Å². The number of thioether (sulfide) groups is 1. The molecule has 0 radical (unpaired) electrons. The van der Waals surface area contributed by atoms with E-state index >= 15 is 0 Å². The minimum atomic E-state index is -0.380. The first kappa shape index (κ1) is 13.6. The Morgan fingerprint density at radius 1 is 1.42 bits per heavy atom. The van der Waals surface area contributed by atoms with E-state index in [1.54, 1.807) is 7.05 Å². The van der Waals surface area contributed by atoms with Crippen LogP contribution in [0.2, 0.25) is 0 Å². The first-order chi connectivity index (χ1) is 9.19.